The Kier molecular flexibility index (Phi) is 5.53. The van der Waals surface area contributed by atoms with Gasteiger partial charge in [-0.15, -0.1) is 0 Å². The number of rotatable bonds is 5. The molecule has 2 atom stereocenters. The van der Waals surface area contributed by atoms with Crippen LogP contribution in [0.25, 0.3) is 22.3 Å². The number of pyridine rings is 1. The molecule has 1 N–H and O–H groups in total. The Morgan fingerprint density at radius 1 is 1.11 bits per heavy atom. The SMILES string of the molecule is Cc1nc2cc(C3CCOC(c4cnn(C5CC5)c4)C3)nc(-c3ccc(F)cc3F)c2nc1CO. The Balaban J connectivity index is 1.42. The minimum atomic E-state index is -0.721. The van der Waals surface area contributed by atoms with E-state index < -0.39 is 11.6 Å². The summed E-state index contributed by atoms with van der Waals surface area (Å²) in [6.45, 7) is 2.05. The monoisotopic (exact) mass is 477 g/mol. The lowest BCUT2D eigenvalue weighted by Gasteiger charge is -2.29. The van der Waals surface area contributed by atoms with Gasteiger partial charge in [0, 0.05) is 41.6 Å². The zero-order valence-electron chi connectivity index (χ0n) is 19.3. The normalized spacial score (nSPS) is 20.5. The number of aryl methyl sites for hydroxylation is 1. The van der Waals surface area contributed by atoms with Gasteiger partial charge in [-0.05, 0) is 50.8 Å². The summed E-state index contributed by atoms with van der Waals surface area (Å²) in [5.41, 5.74) is 4.20. The van der Waals surface area contributed by atoms with E-state index in [0.29, 0.717) is 47.2 Å². The zero-order valence-corrected chi connectivity index (χ0v) is 19.3. The molecule has 9 heteroatoms. The maximum atomic E-state index is 14.8. The van der Waals surface area contributed by atoms with E-state index in [0.717, 1.165) is 36.6 Å². The van der Waals surface area contributed by atoms with Crippen LogP contribution in [0.5, 0.6) is 0 Å². The van der Waals surface area contributed by atoms with Gasteiger partial charge in [-0.3, -0.25) is 4.68 Å². The quantitative estimate of drug-likeness (QED) is 0.438. The maximum absolute atomic E-state index is 14.8. The minimum absolute atomic E-state index is 0.0595. The van der Waals surface area contributed by atoms with Crippen molar-refractivity contribution in [1.82, 2.24) is 24.7 Å². The van der Waals surface area contributed by atoms with Gasteiger partial charge in [-0.25, -0.2) is 23.7 Å². The van der Waals surface area contributed by atoms with Gasteiger partial charge in [0.15, 0.2) is 0 Å². The first kappa shape index (κ1) is 22.2. The second kappa shape index (κ2) is 8.73. The molecule has 1 saturated heterocycles. The van der Waals surface area contributed by atoms with Crippen molar-refractivity contribution in [2.24, 2.45) is 0 Å². The molecule has 180 valence electrons. The summed E-state index contributed by atoms with van der Waals surface area (Å²) >= 11 is 0. The van der Waals surface area contributed by atoms with Crippen molar-refractivity contribution in [1.29, 1.82) is 0 Å². The van der Waals surface area contributed by atoms with Crippen molar-refractivity contribution >= 4 is 11.0 Å². The molecule has 3 aromatic heterocycles. The number of hydrogen-bond acceptors (Lipinski definition) is 6. The van der Waals surface area contributed by atoms with E-state index in [1.165, 1.54) is 12.1 Å². The third kappa shape index (κ3) is 4.19. The first-order valence-electron chi connectivity index (χ1n) is 11.9. The van der Waals surface area contributed by atoms with E-state index in [1.807, 2.05) is 16.9 Å². The largest absolute Gasteiger partial charge is 0.390 e. The van der Waals surface area contributed by atoms with Gasteiger partial charge in [0.2, 0.25) is 0 Å². The Morgan fingerprint density at radius 3 is 2.74 bits per heavy atom. The van der Waals surface area contributed by atoms with Gasteiger partial charge in [0.25, 0.3) is 0 Å². The van der Waals surface area contributed by atoms with Crippen molar-refractivity contribution in [3.05, 3.63) is 70.9 Å². The van der Waals surface area contributed by atoms with Crippen molar-refractivity contribution < 1.29 is 18.6 Å². The molecule has 2 aliphatic rings. The van der Waals surface area contributed by atoms with Crippen LogP contribution < -0.4 is 0 Å². The van der Waals surface area contributed by atoms with E-state index in [9.17, 15) is 13.9 Å². The van der Waals surface area contributed by atoms with Crippen LogP contribution in [-0.2, 0) is 11.3 Å². The summed E-state index contributed by atoms with van der Waals surface area (Å²) in [5.74, 6) is -1.32. The highest BCUT2D eigenvalue weighted by atomic mass is 19.1. The number of fused-ring (bicyclic) bond motifs is 1. The van der Waals surface area contributed by atoms with Gasteiger partial charge >= 0.3 is 0 Å². The average Bonchev–Trinajstić information content (AvgIpc) is 3.59. The lowest BCUT2D eigenvalue weighted by atomic mass is 9.89. The molecule has 4 aromatic rings. The Labute approximate surface area is 200 Å². The van der Waals surface area contributed by atoms with Crippen LogP contribution in [0.3, 0.4) is 0 Å². The number of halogens is 2. The molecule has 1 aliphatic carbocycles. The lowest BCUT2D eigenvalue weighted by Crippen LogP contribution is -2.19. The van der Waals surface area contributed by atoms with Crippen molar-refractivity contribution in [2.45, 2.75) is 57.3 Å². The molecule has 35 heavy (non-hydrogen) atoms. The maximum Gasteiger partial charge on any atom is 0.135 e. The molecule has 0 amide bonds. The predicted octanol–water partition coefficient (Wildman–Crippen LogP) is 4.94. The summed E-state index contributed by atoms with van der Waals surface area (Å²) in [5, 5.41) is 14.2. The van der Waals surface area contributed by atoms with Crippen molar-refractivity contribution in [3.8, 4) is 11.3 Å². The van der Waals surface area contributed by atoms with Crippen LogP contribution in [-0.4, -0.2) is 36.4 Å². The minimum Gasteiger partial charge on any atom is -0.390 e. The van der Waals surface area contributed by atoms with Crippen LogP contribution in [0.2, 0.25) is 0 Å². The molecule has 7 nitrogen and oxygen atoms in total. The fourth-order valence-electron chi connectivity index (χ4n) is 4.78. The van der Waals surface area contributed by atoms with E-state index >= 15 is 0 Å². The molecular formula is C26H25F2N5O2. The number of aliphatic hydroxyl groups is 1. The molecule has 1 aromatic carbocycles. The van der Waals surface area contributed by atoms with E-state index in [4.69, 9.17) is 9.72 Å². The molecule has 1 aliphatic heterocycles. The van der Waals surface area contributed by atoms with Gasteiger partial charge in [-0.2, -0.15) is 5.10 Å². The summed E-state index contributed by atoms with van der Waals surface area (Å²) in [6, 6.07) is 5.81. The highest BCUT2D eigenvalue weighted by molar-refractivity contribution is 5.89. The van der Waals surface area contributed by atoms with Gasteiger partial charge in [0.1, 0.15) is 22.8 Å². The highest BCUT2D eigenvalue weighted by Gasteiger charge is 2.30. The van der Waals surface area contributed by atoms with Gasteiger partial charge < -0.3 is 9.84 Å². The zero-order chi connectivity index (χ0) is 24.1. The summed E-state index contributed by atoms with van der Waals surface area (Å²) in [4.78, 5) is 14.0. The third-order valence-electron chi connectivity index (χ3n) is 6.90. The van der Waals surface area contributed by atoms with Crippen LogP contribution in [0.1, 0.15) is 66.4 Å². The fraction of sp³-hybridized carbons (Fsp3) is 0.385. The molecule has 1 saturated carbocycles. The van der Waals surface area contributed by atoms with Crippen molar-refractivity contribution in [2.75, 3.05) is 6.61 Å². The average molecular weight is 478 g/mol. The fourth-order valence-corrected chi connectivity index (χ4v) is 4.78. The second-order valence-electron chi connectivity index (χ2n) is 9.37. The summed E-state index contributed by atoms with van der Waals surface area (Å²) < 4.78 is 36.6. The number of nitrogens with zero attached hydrogens (tertiary/aromatic N) is 5. The molecule has 0 spiro atoms. The number of benzene rings is 1. The summed E-state index contributed by atoms with van der Waals surface area (Å²) in [7, 11) is 0. The molecule has 2 unspecified atom stereocenters. The van der Waals surface area contributed by atoms with Crippen molar-refractivity contribution in [3.63, 3.8) is 0 Å². The first-order chi connectivity index (χ1) is 17.0. The van der Waals surface area contributed by atoms with Crippen LogP contribution >= 0.6 is 0 Å². The van der Waals surface area contributed by atoms with Gasteiger partial charge in [-0.1, -0.05) is 0 Å². The Morgan fingerprint density at radius 2 is 1.97 bits per heavy atom. The lowest BCUT2D eigenvalue weighted by molar-refractivity contribution is 0.00462. The predicted molar refractivity (Wildman–Crippen MR) is 125 cm³/mol. The number of aromatic nitrogens is 5. The van der Waals surface area contributed by atoms with E-state index in [1.54, 1.807) is 6.92 Å². The molecule has 6 rings (SSSR count). The molecule has 4 heterocycles. The van der Waals surface area contributed by atoms with E-state index in [-0.39, 0.29) is 24.2 Å². The third-order valence-corrected chi connectivity index (χ3v) is 6.90. The number of hydrogen-bond donors (Lipinski definition) is 1. The van der Waals surface area contributed by atoms with Gasteiger partial charge in [0.05, 0.1) is 41.9 Å². The van der Waals surface area contributed by atoms with Crippen LogP contribution in [0.15, 0.2) is 36.7 Å². The number of ether oxygens (including phenoxy) is 1. The number of aliphatic hydroxyl groups excluding tert-OH is 1. The molecule has 0 bridgehead atoms. The highest BCUT2D eigenvalue weighted by Crippen LogP contribution is 2.40. The van der Waals surface area contributed by atoms with E-state index in [2.05, 4.69) is 21.3 Å². The Hall–Kier alpha value is -3.30. The smallest absolute Gasteiger partial charge is 0.135 e. The molecular weight excluding hydrogens is 452 g/mol. The molecule has 2 fully saturated rings. The summed E-state index contributed by atoms with van der Waals surface area (Å²) in [6.07, 6.45) is 7.65. The standard InChI is InChI=1S/C26H25F2N5O2/c1-14-23(13-34)32-26-22(30-14)10-21(31-25(26)19-5-2-17(27)9-20(19)28)15-6-7-35-24(8-15)16-11-29-33(12-16)18-3-4-18/h2,5,9-12,15,18,24,34H,3-4,6-8,13H2,1H3. The topological polar surface area (TPSA) is 86.0 Å². The second-order valence-corrected chi connectivity index (χ2v) is 9.37. The first-order valence-corrected chi connectivity index (χ1v) is 11.9. The Bertz CT molecular complexity index is 1420. The van der Waals surface area contributed by atoms with Crippen LogP contribution in [0.4, 0.5) is 8.78 Å². The molecule has 0 radical (unpaired) electrons. The van der Waals surface area contributed by atoms with Crippen LogP contribution in [0, 0.1) is 18.6 Å².